The number of aromatic amines is 1. The Hall–Kier alpha value is -3.34. The number of rotatable bonds is 4. The van der Waals surface area contributed by atoms with Gasteiger partial charge in [0.1, 0.15) is 17.7 Å². The molecule has 34 heavy (non-hydrogen) atoms. The van der Waals surface area contributed by atoms with E-state index in [1.165, 1.54) is 30.3 Å². The fourth-order valence-electron chi connectivity index (χ4n) is 3.53. The number of nitrogens with one attached hydrogen (secondary N) is 1. The molecule has 1 saturated heterocycles. The zero-order valence-electron chi connectivity index (χ0n) is 18.2. The van der Waals surface area contributed by atoms with E-state index >= 15 is 0 Å². The number of ether oxygens (including phenoxy) is 2. The topological polar surface area (TPSA) is 127 Å². The third-order valence-corrected chi connectivity index (χ3v) is 5.63. The van der Waals surface area contributed by atoms with Crippen molar-refractivity contribution in [1.29, 1.82) is 0 Å². The van der Waals surface area contributed by atoms with Crippen molar-refractivity contribution >= 4 is 29.1 Å². The van der Waals surface area contributed by atoms with E-state index in [0.717, 1.165) is 10.9 Å². The Morgan fingerprint density at radius 2 is 1.91 bits per heavy atom. The normalized spacial score (nSPS) is 15.2. The van der Waals surface area contributed by atoms with Gasteiger partial charge in [0.15, 0.2) is 5.75 Å². The summed E-state index contributed by atoms with van der Waals surface area (Å²) in [5.74, 6) is -0.279. The van der Waals surface area contributed by atoms with E-state index in [9.17, 15) is 19.5 Å². The minimum absolute atomic E-state index is 0.0540. The van der Waals surface area contributed by atoms with Gasteiger partial charge >= 0.3 is 5.69 Å². The highest BCUT2D eigenvalue weighted by Crippen LogP contribution is 2.39. The highest BCUT2D eigenvalue weighted by atomic mass is 35.5. The molecule has 0 radical (unpaired) electrons. The first-order chi connectivity index (χ1) is 16.0. The monoisotopic (exact) mass is 506 g/mol. The number of aromatic hydroxyl groups is 1. The van der Waals surface area contributed by atoms with E-state index in [0.29, 0.717) is 19.7 Å². The van der Waals surface area contributed by atoms with Gasteiger partial charge in [-0.3, -0.25) is 14.6 Å². The summed E-state index contributed by atoms with van der Waals surface area (Å²) in [5, 5.41) is 14.2. The molecule has 0 saturated carbocycles. The third-order valence-electron chi connectivity index (χ3n) is 5.07. The van der Waals surface area contributed by atoms with E-state index in [-0.39, 0.29) is 44.5 Å². The number of hydrogen-bond acceptors (Lipinski definition) is 7. The van der Waals surface area contributed by atoms with Crippen LogP contribution < -0.4 is 16.0 Å². The van der Waals surface area contributed by atoms with Crippen molar-refractivity contribution in [3.05, 3.63) is 73.0 Å². The molecule has 3 aromatic rings. The lowest BCUT2D eigenvalue weighted by molar-refractivity contribution is -0.0764. The van der Waals surface area contributed by atoms with E-state index in [2.05, 4.69) is 10.1 Å². The van der Waals surface area contributed by atoms with Gasteiger partial charge in [0, 0.05) is 13.1 Å². The molecule has 0 aliphatic carbocycles. The molecule has 1 aromatic heterocycles. The average Bonchev–Trinajstić information content (AvgIpc) is 2.76. The number of hydrogen-bond donors (Lipinski definition) is 2. The third kappa shape index (κ3) is 4.93. The molecule has 1 aliphatic rings. The zero-order valence-corrected chi connectivity index (χ0v) is 19.7. The molecule has 2 aromatic carbocycles. The Morgan fingerprint density at radius 3 is 2.56 bits per heavy atom. The molecular weight excluding hydrogens is 487 g/mol. The van der Waals surface area contributed by atoms with Gasteiger partial charge < -0.3 is 19.5 Å². The maximum atomic E-state index is 13.0. The van der Waals surface area contributed by atoms with Crippen LogP contribution in [0, 0.1) is 0 Å². The maximum Gasteiger partial charge on any atom is 0.349 e. The van der Waals surface area contributed by atoms with Crippen molar-refractivity contribution in [2.75, 3.05) is 19.7 Å². The fraction of sp³-hybridized carbons (Fsp3) is 0.273. The number of H-pyrrole nitrogens is 1. The summed E-state index contributed by atoms with van der Waals surface area (Å²) < 4.78 is 12.4. The van der Waals surface area contributed by atoms with Crippen LogP contribution >= 0.6 is 23.2 Å². The Kier molecular flexibility index (Phi) is 6.39. The standard InChI is InChI=1S/C22H20Cl2N4O6/c1-22(2)11-27(5-6-33-22)20(31)14-9-13(3-4-17(14)29)34-19-15(23)7-12(8-16(19)24)28-21(32)26-18(30)10-25-28/h3-4,7-10,29H,5-6,11H2,1-2H3,(H,26,30,32). The van der Waals surface area contributed by atoms with E-state index in [1.54, 1.807) is 4.90 Å². The second kappa shape index (κ2) is 9.13. The summed E-state index contributed by atoms with van der Waals surface area (Å²) in [6.07, 6.45) is 0.943. The van der Waals surface area contributed by atoms with Crippen molar-refractivity contribution < 1.29 is 19.4 Å². The van der Waals surface area contributed by atoms with E-state index < -0.39 is 16.9 Å². The first-order valence-electron chi connectivity index (χ1n) is 10.2. The van der Waals surface area contributed by atoms with Crippen LogP contribution in [-0.2, 0) is 4.74 Å². The quantitative estimate of drug-likeness (QED) is 0.556. The number of morpholine rings is 1. The molecule has 1 amide bonds. The number of aromatic nitrogens is 3. The van der Waals surface area contributed by atoms with Crippen LogP contribution in [0.3, 0.4) is 0 Å². The largest absolute Gasteiger partial charge is 0.507 e. The van der Waals surface area contributed by atoms with Crippen LogP contribution in [0.15, 0.2) is 46.1 Å². The van der Waals surface area contributed by atoms with Gasteiger partial charge in [-0.15, -0.1) is 0 Å². The number of carbonyl (C=O) groups is 1. The molecule has 2 N–H and O–H groups in total. The molecule has 0 spiro atoms. The van der Waals surface area contributed by atoms with Gasteiger partial charge in [-0.2, -0.15) is 9.78 Å². The van der Waals surface area contributed by atoms with Crippen molar-refractivity contribution in [1.82, 2.24) is 19.7 Å². The number of halogens is 2. The number of phenolic OH excluding ortho intramolecular Hbond substituents is 1. The highest BCUT2D eigenvalue weighted by molar-refractivity contribution is 6.37. The summed E-state index contributed by atoms with van der Waals surface area (Å²) in [7, 11) is 0. The van der Waals surface area contributed by atoms with Crippen molar-refractivity contribution in [3.63, 3.8) is 0 Å². The summed E-state index contributed by atoms with van der Waals surface area (Å²) in [6, 6.07) is 6.97. The minimum atomic E-state index is -0.763. The van der Waals surface area contributed by atoms with Crippen molar-refractivity contribution in [2.24, 2.45) is 0 Å². The smallest absolute Gasteiger partial charge is 0.349 e. The van der Waals surface area contributed by atoms with E-state index in [4.69, 9.17) is 32.7 Å². The molecule has 1 fully saturated rings. The van der Waals surface area contributed by atoms with E-state index in [1.807, 2.05) is 13.8 Å². The van der Waals surface area contributed by atoms with Crippen LogP contribution in [-0.4, -0.2) is 56.0 Å². The number of benzene rings is 2. The molecular formula is C22H20Cl2N4O6. The molecule has 1 aliphatic heterocycles. The van der Waals surface area contributed by atoms with Crippen LogP contribution in [0.1, 0.15) is 24.2 Å². The first kappa shape index (κ1) is 23.8. The predicted octanol–water partition coefficient (Wildman–Crippen LogP) is 2.98. The van der Waals surface area contributed by atoms with Crippen molar-refractivity contribution in [2.45, 2.75) is 19.4 Å². The highest BCUT2D eigenvalue weighted by Gasteiger charge is 2.31. The Balaban J connectivity index is 1.62. The van der Waals surface area contributed by atoms with Gasteiger partial charge in [-0.25, -0.2) is 4.79 Å². The SMILES string of the molecule is CC1(C)CN(C(=O)c2cc(Oc3c(Cl)cc(-n4ncc(=O)[nH]c4=O)cc3Cl)ccc2O)CCO1. The van der Waals surface area contributed by atoms with Gasteiger partial charge in [0.2, 0.25) is 0 Å². The van der Waals surface area contributed by atoms with Crippen LogP contribution in [0.25, 0.3) is 5.69 Å². The molecule has 0 bridgehead atoms. The van der Waals surface area contributed by atoms with Crippen LogP contribution in [0.5, 0.6) is 17.2 Å². The van der Waals surface area contributed by atoms with Crippen molar-refractivity contribution in [3.8, 4) is 22.9 Å². The fourth-order valence-corrected chi connectivity index (χ4v) is 4.08. The van der Waals surface area contributed by atoms with Crippen LogP contribution in [0.4, 0.5) is 0 Å². The van der Waals surface area contributed by atoms with Gasteiger partial charge in [-0.05, 0) is 44.2 Å². The molecule has 0 atom stereocenters. The lowest BCUT2D eigenvalue weighted by Crippen LogP contribution is -2.50. The second-order valence-electron chi connectivity index (χ2n) is 8.21. The van der Waals surface area contributed by atoms with Gasteiger partial charge in [0.25, 0.3) is 11.5 Å². The number of phenols is 1. The summed E-state index contributed by atoms with van der Waals surface area (Å²) in [5.41, 5.74) is -1.63. The molecule has 2 heterocycles. The first-order valence-corrected chi connectivity index (χ1v) is 10.9. The Bertz CT molecular complexity index is 1360. The maximum absolute atomic E-state index is 13.0. The second-order valence-corrected chi connectivity index (χ2v) is 9.02. The number of nitrogens with zero attached hydrogens (tertiary/aromatic N) is 3. The lowest BCUT2D eigenvalue weighted by Gasteiger charge is -2.38. The molecule has 10 nitrogen and oxygen atoms in total. The molecule has 12 heteroatoms. The van der Waals surface area contributed by atoms with Crippen LogP contribution in [0.2, 0.25) is 10.0 Å². The molecule has 0 unspecified atom stereocenters. The Labute approximate surface area is 203 Å². The Morgan fingerprint density at radius 1 is 1.21 bits per heavy atom. The summed E-state index contributed by atoms with van der Waals surface area (Å²) in [4.78, 5) is 40.0. The minimum Gasteiger partial charge on any atom is -0.507 e. The number of amides is 1. The van der Waals surface area contributed by atoms with Gasteiger partial charge in [-0.1, -0.05) is 23.2 Å². The summed E-state index contributed by atoms with van der Waals surface area (Å²) >= 11 is 12.7. The predicted molar refractivity (Wildman–Crippen MR) is 125 cm³/mol. The average molecular weight is 507 g/mol. The summed E-state index contributed by atoms with van der Waals surface area (Å²) in [6.45, 7) is 4.92. The van der Waals surface area contributed by atoms with Gasteiger partial charge in [0.05, 0.1) is 33.5 Å². The number of carbonyl (C=O) groups excluding carboxylic acids is 1. The molecule has 178 valence electrons. The molecule has 4 rings (SSSR count). The zero-order chi connectivity index (χ0) is 24.6. The lowest BCUT2D eigenvalue weighted by atomic mass is 10.1.